The zero-order valence-electron chi connectivity index (χ0n) is 11.9. The van der Waals surface area contributed by atoms with Gasteiger partial charge < -0.3 is 4.90 Å². The number of rotatable bonds is 3. The van der Waals surface area contributed by atoms with Crippen molar-refractivity contribution in [3.05, 3.63) is 51.8 Å². The lowest BCUT2D eigenvalue weighted by atomic mass is 9.92. The Balaban J connectivity index is 1.85. The Labute approximate surface area is 127 Å². The van der Waals surface area contributed by atoms with Crippen molar-refractivity contribution in [2.75, 3.05) is 18.0 Å². The van der Waals surface area contributed by atoms with Crippen LogP contribution in [0.15, 0.2) is 30.6 Å². The molecular weight excluding hydrogens is 282 g/mol. The van der Waals surface area contributed by atoms with Gasteiger partial charge in [0.15, 0.2) is 0 Å². The van der Waals surface area contributed by atoms with Gasteiger partial charge in [-0.15, -0.1) is 0 Å². The molecule has 1 aromatic carbocycles. The second-order valence-electron chi connectivity index (χ2n) is 5.39. The summed E-state index contributed by atoms with van der Waals surface area (Å²) in [5.74, 6) is 0.383. The van der Waals surface area contributed by atoms with Crippen molar-refractivity contribution >= 4 is 11.4 Å². The molecule has 1 N–H and O–H groups in total. The molecule has 2 heterocycles. The highest BCUT2D eigenvalue weighted by Crippen LogP contribution is 2.31. The summed E-state index contributed by atoms with van der Waals surface area (Å²) in [6.45, 7) is 1.71. The SMILES string of the molecule is N#Cc1cc(N2CCC[C@H](c3cn[nH]c3)C2)ccc1[N+](=O)[O-]. The minimum atomic E-state index is -0.521. The highest BCUT2D eigenvalue weighted by atomic mass is 16.6. The van der Waals surface area contributed by atoms with Crippen LogP contribution in [0.4, 0.5) is 11.4 Å². The lowest BCUT2D eigenvalue weighted by Gasteiger charge is -2.34. The van der Waals surface area contributed by atoms with Crippen LogP contribution < -0.4 is 4.90 Å². The Morgan fingerprint density at radius 2 is 2.36 bits per heavy atom. The monoisotopic (exact) mass is 297 g/mol. The fraction of sp³-hybridized carbons (Fsp3) is 0.333. The summed E-state index contributed by atoms with van der Waals surface area (Å²) in [6.07, 6.45) is 5.87. The molecule has 7 nitrogen and oxygen atoms in total. The second-order valence-corrected chi connectivity index (χ2v) is 5.39. The van der Waals surface area contributed by atoms with Crippen molar-refractivity contribution in [3.63, 3.8) is 0 Å². The van der Waals surface area contributed by atoms with Gasteiger partial charge in [0.25, 0.3) is 5.69 Å². The minimum Gasteiger partial charge on any atom is -0.371 e. The van der Waals surface area contributed by atoms with Gasteiger partial charge in [-0.25, -0.2) is 0 Å². The third-order valence-corrected chi connectivity index (χ3v) is 4.07. The Bertz CT molecular complexity index is 720. The van der Waals surface area contributed by atoms with Crippen LogP contribution in [-0.4, -0.2) is 28.2 Å². The van der Waals surface area contributed by atoms with Gasteiger partial charge in [0.1, 0.15) is 11.6 Å². The van der Waals surface area contributed by atoms with Gasteiger partial charge in [0, 0.05) is 37.0 Å². The topological polar surface area (TPSA) is 98.8 Å². The summed E-state index contributed by atoms with van der Waals surface area (Å²) in [5, 5.41) is 26.8. The van der Waals surface area contributed by atoms with E-state index in [1.165, 1.54) is 11.6 Å². The fourth-order valence-corrected chi connectivity index (χ4v) is 2.94. The standard InChI is InChI=1S/C15H15N5O2/c16-7-12-6-14(3-4-15(12)20(21)22)19-5-1-2-11(10-19)13-8-17-18-9-13/h3-4,6,8-9,11H,1-2,5,10H2,(H,17,18)/t11-/m0/s1. The molecule has 0 saturated carbocycles. The molecule has 3 rings (SSSR count). The number of hydrogen-bond acceptors (Lipinski definition) is 5. The number of nitro benzene ring substituents is 1. The summed E-state index contributed by atoms with van der Waals surface area (Å²) in [6, 6.07) is 6.65. The highest BCUT2D eigenvalue weighted by Gasteiger charge is 2.24. The van der Waals surface area contributed by atoms with E-state index in [1.54, 1.807) is 12.1 Å². The lowest BCUT2D eigenvalue weighted by molar-refractivity contribution is -0.385. The lowest BCUT2D eigenvalue weighted by Crippen LogP contribution is -2.34. The van der Waals surface area contributed by atoms with Crippen molar-refractivity contribution in [1.29, 1.82) is 5.26 Å². The second kappa shape index (κ2) is 5.85. The minimum absolute atomic E-state index is 0.105. The maximum absolute atomic E-state index is 10.9. The van der Waals surface area contributed by atoms with E-state index in [-0.39, 0.29) is 11.3 Å². The number of benzene rings is 1. The van der Waals surface area contributed by atoms with Gasteiger partial charge in [-0.05, 0) is 30.5 Å². The maximum atomic E-state index is 10.9. The number of anilines is 1. The van der Waals surface area contributed by atoms with Crippen molar-refractivity contribution in [1.82, 2.24) is 10.2 Å². The molecule has 0 bridgehead atoms. The van der Waals surface area contributed by atoms with Crippen LogP contribution in [0.2, 0.25) is 0 Å². The summed E-state index contributed by atoms with van der Waals surface area (Å²) in [7, 11) is 0. The van der Waals surface area contributed by atoms with E-state index in [1.807, 2.05) is 18.5 Å². The molecule has 7 heteroatoms. The molecule has 0 radical (unpaired) electrons. The van der Waals surface area contributed by atoms with Gasteiger partial charge in [-0.1, -0.05) is 0 Å². The van der Waals surface area contributed by atoms with E-state index >= 15 is 0 Å². The molecule has 0 aliphatic carbocycles. The van der Waals surface area contributed by atoms with Gasteiger partial charge in [-0.3, -0.25) is 15.2 Å². The van der Waals surface area contributed by atoms with Gasteiger partial charge >= 0.3 is 0 Å². The van der Waals surface area contributed by atoms with Crippen molar-refractivity contribution < 1.29 is 4.92 Å². The van der Waals surface area contributed by atoms with E-state index in [2.05, 4.69) is 15.1 Å². The zero-order valence-corrected chi connectivity index (χ0v) is 11.9. The number of nitriles is 1. The van der Waals surface area contributed by atoms with Crippen LogP contribution in [0, 0.1) is 21.4 Å². The molecular formula is C15H15N5O2. The third-order valence-electron chi connectivity index (χ3n) is 4.07. The molecule has 1 saturated heterocycles. The number of aromatic nitrogens is 2. The van der Waals surface area contributed by atoms with E-state index in [0.717, 1.165) is 31.6 Å². The van der Waals surface area contributed by atoms with Crippen LogP contribution in [0.5, 0.6) is 0 Å². The molecule has 1 fully saturated rings. The average Bonchev–Trinajstić information content (AvgIpc) is 3.08. The van der Waals surface area contributed by atoms with Crippen molar-refractivity contribution in [3.8, 4) is 6.07 Å². The van der Waals surface area contributed by atoms with Crippen molar-refractivity contribution in [2.24, 2.45) is 0 Å². The molecule has 1 aromatic heterocycles. The molecule has 22 heavy (non-hydrogen) atoms. The molecule has 0 spiro atoms. The highest BCUT2D eigenvalue weighted by molar-refractivity contribution is 5.60. The van der Waals surface area contributed by atoms with E-state index in [9.17, 15) is 10.1 Å². The first-order valence-corrected chi connectivity index (χ1v) is 7.11. The molecule has 112 valence electrons. The van der Waals surface area contributed by atoms with Crippen LogP contribution in [0.25, 0.3) is 0 Å². The smallest absolute Gasteiger partial charge is 0.287 e. The summed E-state index contributed by atoms with van der Waals surface area (Å²) >= 11 is 0. The number of H-pyrrole nitrogens is 1. The number of hydrogen-bond donors (Lipinski definition) is 1. The first-order chi connectivity index (χ1) is 10.7. The number of nitrogens with zero attached hydrogens (tertiary/aromatic N) is 4. The van der Waals surface area contributed by atoms with Crippen LogP contribution in [0.1, 0.15) is 29.9 Å². The van der Waals surface area contributed by atoms with Gasteiger partial charge in [0.05, 0.1) is 11.1 Å². The molecule has 1 atom stereocenters. The Kier molecular flexibility index (Phi) is 3.74. The molecule has 1 aliphatic rings. The number of nitrogens with one attached hydrogen (secondary N) is 1. The quantitative estimate of drug-likeness (QED) is 0.693. The third kappa shape index (κ3) is 2.63. The zero-order chi connectivity index (χ0) is 15.5. The predicted molar refractivity (Wildman–Crippen MR) is 80.6 cm³/mol. The molecule has 1 aliphatic heterocycles. The number of aromatic amines is 1. The molecule has 2 aromatic rings. The number of piperidine rings is 1. The summed E-state index contributed by atoms with van der Waals surface area (Å²) < 4.78 is 0. The summed E-state index contributed by atoms with van der Waals surface area (Å²) in [4.78, 5) is 12.6. The first kappa shape index (κ1) is 14.1. The maximum Gasteiger partial charge on any atom is 0.287 e. The average molecular weight is 297 g/mol. The molecule has 0 unspecified atom stereocenters. The Morgan fingerprint density at radius 3 is 3.05 bits per heavy atom. The largest absolute Gasteiger partial charge is 0.371 e. The Morgan fingerprint density at radius 1 is 1.50 bits per heavy atom. The van der Waals surface area contributed by atoms with E-state index < -0.39 is 4.92 Å². The van der Waals surface area contributed by atoms with Crippen LogP contribution in [-0.2, 0) is 0 Å². The van der Waals surface area contributed by atoms with E-state index in [0.29, 0.717) is 5.92 Å². The van der Waals surface area contributed by atoms with Crippen LogP contribution >= 0.6 is 0 Å². The van der Waals surface area contributed by atoms with E-state index in [4.69, 9.17) is 5.26 Å². The Hall–Kier alpha value is -2.88. The first-order valence-electron chi connectivity index (χ1n) is 7.11. The normalized spacial score (nSPS) is 18.0. The van der Waals surface area contributed by atoms with Gasteiger partial charge in [-0.2, -0.15) is 10.4 Å². The van der Waals surface area contributed by atoms with Crippen LogP contribution in [0.3, 0.4) is 0 Å². The predicted octanol–water partition coefficient (Wildman–Crippen LogP) is 2.57. The summed E-state index contributed by atoms with van der Waals surface area (Å²) in [5.41, 5.74) is 1.99. The number of nitro groups is 1. The molecule has 0 amide bonds. The fourth-order valence-electron chi connectivity index (χ4n) is 2.94. The van der Waals surface area contributed by atoms with Crippen molar-refractivity contribution in [2.45, 2.75) is 18.8 Å². The van der Waals surface area contributed by atoms with Gasteiger partial charge in [0.2, 0.25) is 0 Å².